The number of β-amino-alcohol motifs (C(OH)–C–C–N with tert-alkyl or cyclic N) is 2. The average molecular weight is 300 g/mol. The number of rotatable bonds is 3. The molecule has 0 bridgehead atoms. The maximum atomic E-state index is 12.4. The van der Waals surface area contributed by atoms with Crippen molar-refractivity contribution in [1.82, 2.24) is 4.90 Å². The van der Waals surface area contributed by atoms with Gasteiger partial charge in [-0.25, -0.2) is 0 Å². The molecule has 1 aliphatic heterocycles. The Morgan fingerprint density at radius 3 is 2.25 bits per heavy atom. The first-order valence-corrected chi connectivity index (χ1v) is 6.77. The number of nitrogens with zero attached hydrogens (tertiary/aromatic N) is 1. The fourth-order valence-electron chi connectivity index (χ4n) is 2.16. The highest BCUT2D eigenvalue weighted by molar-refractivity contribution is 6.30. The molecule has 0 aliphatic carbocycles. The van der Waals surface area contributed by atoms with E-state index in [-0.39, 0.29) is 19.0 Å². The van der Waals surface area contributed by atoms with Crippen LogP contribution in [0.2, 0.25) is 5.02 Å². The van der Waals surface area contributed by atoms with Crippen molar-refractivity contribution in [3.63, 3.8) is 0 Å². The van der Waals surface area contributed by atoms with E-state index in [9.17, 15) is 15.0 Å². The van der Waals surface area contributed by atoms with E-state index in [1.807, 2.05) is 0 Å². The fourth-order valence-corrected chi connectivity index (χ4v) is 2.28. The van der Waals surface area contributed by atoms with Crippen LogP contribution in [0, 0.1) is 0 Å². The Hall–Kier alpha value is -1.30. The maximum Gasteiger partial charge on any atom is 0.266 e. The number of aliphatic hydroxyl groups excluding tert-OH is 2. The molecule has 1 amide bonds. The van der Waals surface area contributed by atoms with Crippen LogP contribution in [-0.2, 0) is 4.79 Å². The molecule has 0 radical (unpaired) electrons. The van der Waals surface area contributed by atoms with E-state index in [1.54, 1.807) is 38.1 Å². The summed E-state index contributed by atoms with van der Waals surface area (Å²) in [5.41, 5.74) is -1.09. The Morgan fingerprint density at radius 1 is 1.25 bits per heavy atom. The Balaban J connectivity index is 2.06. The van der Waals surface area contributed by atoms with Crippen LogP contribution in [0.1, 0.15) is 13.8 Å². The van der Waals surface area contributed by atoms with Crippen molar-refractivity contribution in [1.29, 1.82) is 0 Å². The summed E-state index contributed by atoms with van der Waals surface area (Å²) in [7, 11) is 0. The van der Waals surface area contributed by atoms with E-state index in [0.717, 1.165) is 0 Å². The average Bonchev–Trinajstić information content (AvgIpc) is 2.71. The third kappa shape index (κ3) is 3.23. The summed E-state index contributed by atoms with van der Waals surface area (Å²) in [5.74, 6) is 0.260. The maximum absolute atomic E-state index is 12.4. The topological polar surface area (TPSA) is 70.0 Å². The Kier molecular flexibility index (Phi) is 4.22. The lowest BCUT2D eigenvalue weighted by Gasteiger charge is -2.29. The van der Waals surface area contributed by atoms with Crippen molar-refractivity contribution in [2.24, 2.45) is 0 Å². The van der Waals surface area contributed by atoms with Gasteiger partial charge < -0.3 is 19.8 Å². The van der Waals surface area contributed by atoms with Crippen LogP contribution < -0.4 is 4.74 Å². The first-order chi connectivity index (χ1) is 9.29. The molecule has 1 aromatic carbocycles. The molecule has 1 aromatic rings. The van der Waals surface area contributed by atoms with Gasteiger partial charge in [-0.15, -0.1) is 0 Å². The number of ether oxygens (including phenoxy) is 1. The van der Waals surface area contributed by atoms with Crippen molar-refractivity contribution < 1.29 is 19.7 Å². The van der Waals surface area contributed by atoms with E-state index in [4.69, 9.17) is 16.3 Å². The molecule has 1 heterocycles. The molecular formula is C14H18ClNO4. The summed E-state index contributed by atoms with van der Waals surface area (Å²) in [4.78, 5) is 13.8. The summed E-state index contributed by atoms with van der Waals surface area (Å²) < 4.78 is 5.69. The first-order valence-electron chi connectivity index (χ1n) is 6.40. The minimum Gasteiger partial charge on any atom is -0.478 e. The van der Waals surface area contributed by atoms with Crippen molar-refractivity contribution in [2.45, 2.75) is 31.7 Å². The molecule has 1 saturated heterocycles. The van der Waals surface area contributed by atoms with Gasteiger partial charge in [0.1, 0.15) is 5.75 Å². The molecule has 0 aromatic heterocycles. The number of halogens is 1. The summed E-state index contributed by atoms with van der Waals surface area (Å²) in [5, 5.41) is 19.6. The van der Waals surface area contributed by atoms with Crippen molar-refractivity contribution in [2.75, 3.05) is 13.1 Å². The van der Waals surface area contributed by atoms with Gasteiger partial charge >= 0.3 is 0 Å². The van der Waals surface area contributed by atoms with Gasteiger partial charge in [-0.3, -0.25) is 4.79 Å². The number of likely N-dealkylation sites (tertiary alicyclic amines) is 1. The van der Waals surface area contributed by atoms with E-state index < -0.39 is 17.8 Å². The molecule has 1 aliphatic rings. The number of benzene rings is 1. The Bertz CT molecular complexity index is 478. The second-order valence-corrected chi connectivity index (χ2v) is 5.85. The fraction of sp³-hybridized carbons (Fsp3) is 0.500. The summed E-state index contributed by atoms with van der Waals surface area (Å²) >= 11 is 5.79. The largest absolute Gasteiger partial charge is 0.478 e. The lowest BCUT2D eigenvalue weighted by atomic mass is 10.1. The number of hydrogen-bond acceptors (Lipinski definition) is 4. The number of amides is 1. The molecule has 2 atom stereocenters. The van der Waals surface area contributed by atoms with Gasteiger partial charge in [0.05, 0.1) is 12.2 Å². The van der Waals surface area contributed by atoms with E-state index in [0.29, 0.717) is 10.8 Å². The molecule has 0 saturated carbocycles. The predicted molar refractivity (Wildman–Crippen MR) is 74.8 cm³/mol. The molecule has 6 heteroatoms. The normalized spacial score (nSPS) is 22.9. The second kappa shape index (κ2) is 5.60. The monoisotopic (exact) mass is 299 g/mol. The smallest absolute Gasteiger partial charge is 0.266 e. The number of aliphatic hydroxyl groups is 2. The zero-order valence-corrected chi connectivity index (χ0v) is 12.2. The zero-order chi connectivity index (χ0) is 14.9. The van der Waals surface area contributed by atoms with Gasteiger partial charge in [0.25, 0.3) is 5.91 Å². The standard InChI is InChI=1S/C14H18ClNO4/c1-14(2,20-10-5-3-9(15)4-6-10)13(19)16-7-11(17)12(18)8-16/h3-6,11-12,17-18H,7-8H2,1-2H3. The van der Waals surface area contributed by atoms with Gasteiger partial charge in [-0.2, -0.15) is 0 Å². The van der Waals surface area contributed by atoms with Crippen molar-refractivity contribution in [3.8, 4) is 5.75 Å². The Labute approximate surface area is 122 Å². The van der Waals surface area contributed by atoms with E-state index in [2.05, 4.69) is 0 Å². The zero-order valence-electron chi connectivity index (χ0n) is 11.4. The van der Waals surface area contributed by atoms with Gasteiger partial charge in [0.15, 0.2) is 5.60 Å². The minimum absolute atomic E-state index is 0.118. The molecule has 2 unspecified atom stereocenters. The van der Waals surface area contributed by atoms with Gasteiger partial charge in [-0.1, -0.05) is 11.6 Å². The number of carbonyl (C=O) groups is 1. The van der Waals surface area contributed by atoms with Crippen LogP contribution in [0.15, 0.2) is 24.3 Å². The summed E-state index contributed by atoms with van der Waals surface area (Å²) in [6, 6.07) is 6.73. The van der Waals surface area contributed by atoms with Gasteiger partial charge in [-0.05, 0) is 38.1 Å². The SMILES string of the molecule is CC(C)(Oc1ccc(Cl)cc1)C(=O)N1CC(O)C(O)C1. The number of carbonyl (C=O) groups excluding carboxylic acids is 1. The second-order valence-electron chi connectivity index (χ2n) is 5.41. The number of hydrogen-bond donors (Lipinski definition) is 2. The molecule has 0 spiro atoms. The highest BCUT2D eigenvalue weighted by Crippen LogP contribution is 2.24. The lowest BCUT2D eigenvalue weighted by molar-refractivity contribution is -0.144. The van der Waals surface area contributed by atoms with E-state index in [1.165, 1.54) is 4.90 Å². The van der Waals surface area contributed by atoms with Gasteiger partial charge in [0.2, 0.25) is 0 Å². The third-order valence-corrected chi connectivity index (χ3v) is 3.50. The summed E-state index contributed by atoms with van der Waals surface area (Å²) in [6.45, 7) is 3.54. The van der Waals surface area contributed by atoms with Crippen LogP contribution >= 0.6 is 11.6 Å². The molecule has 2 rings (SSSR count). The van der Waals surface area contributed by atoms with Crippen molar-refractivity contribution >= 4 is 17.5 Å². The molecule has 1 fully saturated rings. The first kappa shape index (κ1) is 15.1. The van der Waals surface area contributed by atoms with Gasteiger partial charge in [0, 0.05) is 18.1 Å². The van der Waals surface area contributed by atoms with Crippen LogP contribution in [-0.4, -0.2) is 51.9 Å². The van der Waals surface area contributed by atoms with Crippen LogP contribution in [0.4, 0.5) is 0 Å². The van der Waals surface area contributed by atoms with Crippen LogP contribution in [0.25, 0.3) is 0 Å². The van der Waals surface area contributed by atoms with E-state index >= 15 is 0 Å². The molecule has 5 nitrogen and oxygen atoms in total. The summed E-state index contributed by atoms with van der Waals surface area (Å²) in [6.07, 6.45) is -1.80. The highest BCUT2D eigenvalue weighted by Gasteiger charge is 2.40. The molecular weight excluding hydrogens is 282 g/mol. The van der Waals surface area contributed by atoms with Crippen molar-refractivity contribution in [3.05, 3.63) is 29.3 Å². The quantitative estimate of drug-likeness (QED) is 0.876. The minimum atomic E-state index is -1.09. The molecule has 2 N–H and O–H groups in total. The molecule has 20 heavy (non-hydrogen) atoms. The van der Waals surface area contributed by atoms with Crippen LogP contribution in [0.5, 0.6) is 5.75 Å². The third-order valence-electron chi connectivity index (χ3n) is 3.25. The Morgan fingerprint density at radius 2 is 1.75 bits per heavy atom. The van der Waals surface area contributed by atoms with Crippen LogP contribution in [0.3, 0.4) is 0 Å². The lowest BCUT2D eigenvalue weighted by Crippen LogP contribution is -2.48. The predicted octanol–water partition coefficient (Wildman–Crippen LogP) is 1.06. The highest BCUT2D eigenvalue weighted by atomic mass is 35.5. The molecule has 110 valence electrons.